The summed E-state index contributed by atoms with van der Waals surface area (Å²) in [6.07, 6.45) is 1.65. The van der Waals surface area contributed by atoms with Crippen molar-refractivity contribution in [3.63, 3.8) is 0 Å². The molecule has 0 N–H and O–H groups in total. The van der Waals surface area contributed by atoms with Gasteiger partial charge in [0.25, 0.3) is 11.8 Å². The molecule has 5 rings (SSSR count). The third-order valence-electron chi connectivity index (χ3n) is 6.89. The number of hydrogen-bond acceptors (Lipinski definition) is 5. The Morgan fingerprint density at radius 2 is 1.58 bits per heavy atom. The molecule has 0 bridgehead atoms. The minimum Gasteiger partial charge on any atom is -0.379 e. The van der Waals surface area contributed by atoms with E-state index in [9.17, 15) is 9.59 Å². The fraction of sp³-hybridized carbons (Fsp3) is 0.407. The maximum absolute atomic E-state index is 13.6. The first-order valence-corrected chi connectivity index (χ1v) is 11.9. The van der Waals surface area contributed by atoms with Crippen LogP contribution in [0.1, 0.15) is 28.7 Å². The van der Waals surface area contributed by atoms with Gasteiger partial charge < -0.3 is 9.64 Å². The van der Waals surface area contributed by atoms with Gasteiger partial charge in [0.1, 0.15) is 5.70 Å². The first-order valence-electron chi connectivity index (χ1n) is 11.9. The predicted molar refractivity (Wildman–Crippen MR) is 127 cm³/mol. The third-order valence-corrected chi connectivity index (χ3v) is 6.89. The average Bonchev–Trinajstić information content (AvgIpc) is 3.10. The summed E-state index contributed by atoms with van der Waals surface area (Å²) in [6.45, 7) is 8.05. The summed E-state index contributed by atoms with van der Waals surface area (Å²) in [6, 6.07) is 16.3. The predicted octanol–water partition coefficient (Wildman–Crippen LogP) is 2.86. The summed E-state index contributed by atoms with van der Waals surface area (Å²) in [4.78, 5) is 33.1. The lowest BCUT2D eigenvalue weighted by Gasteiger charge is -2.31. The van der Waals surface area contributed by atoms with Gasteiger partial charge in [-0.15, -0.1) is 0 Å². The Labute approximate surface area is 195 Å². The highest BCUT2D eigenvalue weighted by molar-refractivity contribution is 6.35. The van der Waals surface area contributed by atoms with E-state index in [0.29, 0.717) is 24.4 Å². The number of morpholine rings is 1. The van der Waals surface area contributed by atoms with Crippen molar-refractivity contribution >= 4 is 17.4 Å². The molecule has 0 unspecified atom stereocenters. The van der Waals surface area contributed by atoms with Crippen LogP contribution in [0, 0.1) is 6.92 Å². The molecule has 172 valence electrons. The number of amides is 2. The summed E-state index contributed by atoms with van der Waals surface area (Å²) in [5.74, 6) is -0.323. The summed E-state index contributed by atoms with van der Waals surface area (Å²) in [7, 11) is 0. The zero-order chi connectivity index (χ0) is 22.8. The van der Waals surface area contributed by atoms with Crippen LogP contribution < -0.4 is 0 Å². The monoisotopic (exact) mass is 445 g/mol. The van der Waals surface area contributed by atoms with Crippen molar-refractivity contribution in [3.8, 4) is 0 Å². The quantitative estimate of drug-likeness (QED) is 0.640. The molecule has 6 nitrogen and oxygen atoms in total. The van der Waals surface area contributed by atoms with Crippen LogP contribution in [0.2, 0.25) is 0 Å². The number of nitrogens with zero attached hydrogens (tertiary/aromatic N) is 3. The summed E-state index contributed by atoms with van der Waals surface area (Å²) < 4.78 is 5.42. The number of aryl methyl sites for hydroxylation is 1. The molecule has 3 aliphatic rings. The molecule has 0 aliphatic carbocycles. The molecule has 1 fully saturated rings. The normalized spacial score (nSPS) is 19.4. The first kappa shape index (κ1) is 21.9. The van der Waals surface area contributed by atoms with Crippen LogP contribution in [0.5, 0.6) is 0 Å². The number of hydrogen-bond donors (Lipinski definition) is 0. The molecule has 6 heteroatoms. The van der Waals surface area contributed by atoms with Crippen molar-refractivity contribution < 1.29 is 14.3 Å². The van der Waals surface area contributed by atoms with Crippen LogP contribution in [-0.4, -0.2) is 72.5 Å². The summed E-state index contributed by atoms with van der Waals surface area (Å²) in [5, 5.41) is 0. The fourth-order valence-electron chi connectivity index (χ4n) is 5.00. The maximum atomic E-state index is 13.6. The summed E-state index contributed by atoms with van der Waals surface area (Å²) >= 11 is 0. The molecule has 0 aromatic heterocycles. The van der Waals surface area contributed by atoms with Crippen LogP contribution in [0.4, 0.5) is 0 Å². The van der Waals surface area contributed by atoms with E-state index >= 15 is 0 Å². The Bertz CT molecular complexity index is 1070. The highest BCUT2D eigenvalue weighted by Gasteiger charge is 2.41. The Hall–Kier alpha value is -2.96. The number of carbonyl (C=O) groups is 2. The van der Waals surface area contributed by atoms with E-state index in [1.807, 2.05) is 37.3 Å². The van der Waals surface area contributed by atoms with Crippen molar-refractivity contribution in [2.45, 2.75) is 26.3 Å². The van der Waals surface area contributed by atoms with Crippen LogP contribution in [0.15, 0.2) is 54.2 Å². The lowest BCUT2D eigenvalue weighted by atomic mass is 9.97. The molecule has 33 heavy (non-hydrogen) atoms. The van der Waals surface area contributed by atoms with Gasteiger partial charge >= 0.3 is 0 Å². The number of benzene rings is 2. The molecule has 0 saturated carbocycles. The van der Waals surface area contributed by atoms with E-state index in [4.69, 9.17) is 4.74 Å². The second-order valence-corrected chi connectivity index (χ2v) is 9.10. The van der Waals surface area contributed by atoms with Gasteiger partial charge in [-0.2, -0.15) is 0 Å². The van der Waals surface area contributed by atoms with Gasteiger partial charge in [-0.1, -0.05) is 54.1 Å². The van der Waals surface area contributed by atoms with E-state index < -0.39 is 0 Å². The van der Waals surface area contributed by atoms with Crippen LogP contribution in [0.25, 0.3) is 5.57 Å². The van der Waals surface area contributed by atoms with Crippen molar-refractivity contribution in [1.82, 2.24) is 14.7 Å². The molecular formula is C27H31N3O3. The van der Waals surface area contributed by atoms with Gasteiger partial charge in [0, 0.05) is 39.3 Å². The number of rotatable bonds is 6. The molecule has 0 spiro atoms. The van der Waals surface area contributed by atoms with Crippen LogP contribution in [-0.2, 0) is 27.3 Å². The minimum absolute atomic E-state index is 0.156. The standard InChI is InChI=1S/C27H31N3O3/c1-20-7-9-22(10-8-20)24-25(29-14-11-21-5-2-3-6-23(21)19-29)27(32)30(26(24)31)13-4-12-28-15-17-33-18-16-28/h2-3,5-10H,4,11-19H2,1H3. The van der Waals surface area contributed by atoms with Crippen molar-refractivity contribution in [1.29, 1.82) is 0 Å². The smallest absolute Gasteiger partial charge is 0.277 e. The Morgan fingerprint density at radius 1 is 0.848 bits per heavy atom. The zero-order valence-electron chi connectivity index (χ0n) is 19.3. The Kier molecular flexibility index (Phi) is 6.29. The lowest BCUT2D eigenvalue weighted by Crippen LogP contribution is -2.40. The largest absolute Gasteiger partial charge is 0.379 e. The minimum atomic E-state index is -0.167. The highest BCUT2D eigenvalue weighted by Crippen LogP contribution is 2.34. The molecule has 0 radical (unpaired) electrons. The lowest BCUT2D eigenvalue weighted by molar-refractivity contribution is -0.137. The highest BCUT2D eigenvalue weighted by atomic mass is 16.5. The molecule has 0 atom stereocenters. The second kappa shape index (κ2) is 9.49. The van der Waals surface area contributed by atoms with E-state index in [-0.39, 0.29) is 11.8 Å². The number of ether oxygens (including phenoxy) is 1. The fourth-order valence-corrected chi connectivity index (χ4v) is 5.00. The van der Waals surface area contributed by atoms with Crippen molar-refractivity contribution in [2.24, 2.45) is 0 Å². The Morgan fingerprint density at radius 3 is 2.33 bits per heavy atom. The van der Waals surface area contributed by atoms with Crippen LogP contribution in [0.3, 0.4) is 0 Å². The molecule has 2 aromatic rings. The topological polar surface area (TPSA) is 53.1 Å². The van der Waals surface area contributed by atoms with Crippen molar-refractivity contribution in [3.05, 3.63) is 76.5 Å². The molecule has 1 saturated heterocycles. The summed E-state index contributed by atoms with van der Waals surface area (Å²) in [5.41, 5.74) is 5.61. The van der Waals surface area contributed by atoms with Gasteiger partial charge in [-0.25, -0.2) is 0 Å². The zero-order valence-corrected chi connectivity index (χ0v) is 19.3. The van der Waals surface area contributed by atoms with Gasteiger partial charge in [0.2, 0.25) is 0 Å². The number of carbonyl (C=O) groups excluding carboxylic acids is 2. The van der Waals surface area contributed by atoms with Gasteiger partial charge in [-0.3, -0.25) is 19.4 Å². The van der Waals surface area contributed by atoms with Gasteiger partial charge in [-0.05, 0) is 36.5 Å². The van der Waals surface area contributed by atoms with E-state index in [1.54, 1.807) is 0 Å². The second-order valence-electron chi connectivity index (χ2n) is 9.10. The first-order chi connectivity index (χ1) is 16.1. The third kappa shape index (κ3) is 4.45. The van der Waals surface area contributed by atoms with Gasteiger partial charge in [0.15, 0.2) is 0 Å². The SMILES string of the molecule is Cc1ccc(C2=C(N3CCc4ccccc4C3)C(=O)N(CCCN3CCOCC3)C2=O)cc1. The molecule has 3 aliphatic heterocycles. The molecular weight excluding hydrogens is 414 g/mol. The van der Waals surface area contributed by atoms with Crippen molar-refractivity contribution in [2.75, 3.05) is 45.9 Å². The molecule has 3 heterocycles. The maximum Gasteiger partial charge on any atom is 0.277 e. The Balaban J connectivity index is 1.40. The van der Waals surface area contributed by atoms with E-state index in [2.05, 4.69) is 28.0 Å². The van der Waals surface area contributed by atoms with E-state index in [0.717, 1.165) is 63.4 Å². The van der Waals surface area contributed by atoms with E-state index in [1.165, 1.54) is 16.0 Å². The number of fused-ring (bicyclic) bond motifs is 1. The molecule has 2 aromatic carbocycles. The molecule has 2 amide bonds. The average molecular weight is 446 g/mol. The van der Waals surface area contributed by atoms with Gasteiger partial charge in [0.05, 0.1) is 18.8 Å². The number of imide groups is 1. The van der Waals surface area contributed by atoms with Crippen LogP contribution >= 0.6 is 0 Å².